The highest BCUT2D eigenvalue weighted by Gasteiger charge is 2.25. The van der Waals surface area contributed by atoms with E-state index in [2.05, 4.69) is 10.3 Å². The number of hydrogen-bond acceptors (Lipinski definition) is 4. The third-order valence-electron chi connectivity index (χ3n) is 2.34. The van der Waals surface area contributed by atoms with Gasteiger partial charge in [-0.05, 0) is 5.92 Å². The Bertz CT molecular complexity index is 300. The molecular formula is C11H21N2O3-. The number of hydrogen-bond donors (Lipinski definition) is 1. The van der Waals surface area contributed by atoms with Gasteiger partial charge in [0.2, 0.25) is 5.91 Å². The van der Waals surface area contributed by atoms with Gasteiger partial charge in [-0.3, -0.25) is 9.79 Å². The van der Waals surface area contributed by atoms with E-state index in [9.17, 15) is 9.90 Å². The highest BCUT2D eigenvalue weighted by atomic mass is 16.6. The first-order valence-corrected chi connectivity index (χ1v) is 5.48. The first-order chi connectivity index (χ1) is 7.28. The monoisotopic (exact) mass is 229 g/mol. The van der Waals surface area contributed by atoms with E-state index in [4.69, 9.17) is 4.74 Å². The second kappa shape index (κ2) is 4.72. The Labute approximate surface area is 97.4 Å². The molecule has 0 aromatic carbocycles. The molecule has 1 heterocycles. The molecular weight excluding hydrogens is 208 g/mol. The van der Waals surface area contributed by atoms with Gasteiger partial charge in [0.1, 0.15) is 6.08 Å². The van der Waals surface area contributed by atoms with Crippen LogP contribution in [-0.4, -0.2) is 30.2 Å². The van der Waals surface area contributed by atoms with Crippen LogP contribution in [0.1, 0.15) is 35.5 Å². The molecule has 1 rings (SSSR count). The Morgan fingerprint density at radius 2 is 2.25 bits per heavy atom. The minimum absolute atomic E-state index is 0. The molecule has 0 aromatic rings. The molecule has 0 saturated carbocycles. The summed E-state index contributed by atoms with van der Waals surface area (Å²) >= 11 is 0. The molecule has 1 aliphatic heterocycles. The molecule has 0 radical (unpaired) electrons. The normalized spacial score (nSPS) is 27.5. The zero-order valence-electron chi connectivity index (χ0n) is 10.2. The molecule has 16 heavy (non-hydrogen) atoms. The standard InChI is InChI=1S/C11H20N2O3.H2/c1-7-5-9(14)12-6-8(7)13-10(15)16-11(2,3)4;/h7-8H,5-6H2,1-4H3,(H,12,14)(H,13,15);1H/p-1/t7-,8-;/m1./s1. The number of amides is 1. The molecule has 0 bridgehead atoms. The van der Waals surface area contributed by atoms with E-state index in [1.807, 2.05) is 6.92 Å². The first-order valence-electron chi connectivity index (χ1n) is 5.48. The number of aliphatic imine (C=N–C) groups is 1. The maximum absolute atomic E-state index is 11.5. The van der Waals surface area contributed by atoms with Gasteiger partial charge in [0.05, 0.1) is 6.04 Å². The van der Waals surface area contributed by atoms with Gasteiger partial charge in [-0.2, -0.15) is 0 Å². The average Bonchev–Trinajstić information content (AvgIpc) is 2.06. The maximum Gasteiger partial charge on any atom is 0.220 e. The molecule has 1 amide bonds. The molecule has 0 spiro atoms. The van der Waals surface area contributed by atoms with E-state index in [0.717, 1.165) is 0 Å². The number of carbonyl (C=O) groups is 1. The Hall–Kier alpha value is -1.26. The molecule has 1 fully saturated rings. The third-order valence-corrected chi connectivity index (χ3v) is 2.34. The van der Waals surface area contributed by atoms with Crippen LogP contribution in [0, 0.1) is 5.92 Å². The van der Waals surface area contributed by atoms with E-state index < -0.39 is 11.7 Å². The van der Waals surface area contributed by atoms with Crippen LogP contribution in [0.15, 0.2) is 4.99 Å². The molecule has 5 nitrogen and oxygen atoms in total. The lowest BCUT2D eigenvalue weighted by molar-refractivity contribution is -0.261. The van der Waals surface area contributed by atoms with Crippen molar-refractivity contribution in [3.8, 4) is 0 Å². The minimum atomic E-state index is -0.555. The quantitative estimate of drug-likeness (QED) is 0.518. The number of rotatable bonds is 1. The second-order valence-corrected chi connectivity index (χ2v) is 5.16. The van der Waals surface area contributed by atoms with Gasteiger partial charge < -0.3 is 15.2 Å². The van der Waals surface area contributed by atoms with Crippen LogP contribution in [0.5, 0.6) is 0 Å². The fourth-order valence-electron chi connectivity index (χ4n) is 1.52. The Morgan fingerprint density at radius 1 is 1.62 bits per heavy atom. The Morgan fingerprint density at radius 3 is 2.75 bits per heavy atom. The summed E-state index contributed by atoms with van der Waals surface area (Å²) in [6.45, 7) is 7.72. The van der Waals surface area contributed by atoms with Crippen LogP contribution < -0.4 is 10.4 Å². The van der Waals surface area contributed by atoms with Gasteiger partial charge in [-0.25, -0.2) is 0 Å². The fraction of sp³-hybridized carbons (Fsp3) is 0.818. The van der Waals surface area contributed by atoms with Gasteiger partial charge in [0.25, 0.3) is 0 Å². The van der Waals surface area contributed by atoms with Gasteiger partial charge >= 0.3 is 0 Å². The SMILES string of the molecule is C[C@@H]1CC(=O)NC[C@H]1N=C([O-])OC(C)(C)C.[HH]. The summed E-state index contributed by atoms with van der Waals surface area (Å²) in [6.07, 6.45) is -0.141. The zero-order valence-corrected chi connectivity index (χ0v) is 10.2. The molecule has 94 valence electrons. The summed E-state index contributed by atoms with van der Waals surface area (Å²) in [5.74, 6) is 0.101. The fourth-order valence-corrected chi connectivity index (χ4v) is 1.52. The Balaban J connectivity index is 0.00000256. The third kappa shape index (κ3) is 4.08. The average molecular weight is 229 g/mol. The molecule has 1 aliphatic rings. The van der Waals surface area contributed by atoms with Gasteiger partial charge in [0.15, 0.2) is 0 Å². The molecule has 1 saturated heterocycles. The summed E-state index contributed by atoms with van der Waals surface area (Å²) in [6, 6.07) is -0.174. The number of carbonyl (C=O) groups excluding carboxylic acids is 1. The van der Waals surface area contributed by atoms with Crippen molar-refractivity contribution in [2.45, 2.75) is 45.8 Å². The predicted molar refractivity (Wildman–Crippen MR) is 61.0 cm³/mol. The molecule has 0 aromatic heterocycles. The lowest BCUT2D eigenvalue weighted by Crippen LogP contribution is -2.44. The van der Waals surface area contributed by atoms with Crippen molar-refractivity contribution in [3.63, 3.8) is 0 Å². The summed E-state index contributed by atoms with van der Waals surface area (Å²) in [7, 11) is 0. The molecule has 2 atom stereocenters. The van der Waals surface area contributed by atoms with E-state index in [1.54, 1.807) is 20.8 Å². The molecule has 5 heteroatoms. The molecule has 1 N–H and O–H groups in total. The zero-order chi connectivity index (χ0) is 12.3. The maximum atomic E-state index is 11.5. The Kier molecular flexibility index (Phi) is 3.78. The van der Waals surface area contributed by atoms with E-state index in [-0.39, 0.29) is 19.3 Å². The minimum Gasteiger partial charge on any atom is -0.595 e. The highest BCUT2D eigenvalue weighted by molar-refractivity contribution is 5.77. The summed E-state index contributed by atoms with van der Waals surface area (Å²) in [5.41, 5.74) is -0.526. The van der Waals surface area contributed by atoms with E-state index in [1.165, 1.54) is 0 Å². The summed E-state index contributed by atoms with van der Waals surface area (Å²) < 4.78 is 5.10. The van der Waals surface area contributed by atoms with Crippen molar-refractivity contribution in [2.24, 2.45) is 10.9 Å². The van der Waals surface area contributed by atoms with Crippen LogP contribution in [-0.2, 0) is 9.53 Å². The summed E-state index contributed by atoms with van der Waals surface area (Å²) in [5, 5.41) is 14.1. The smallest absolute Gasteiger partial charge is 0.220 e. The lowest BCUT2D eigenvalue weighted by atomic mass is 9.95. The van der Waals surface area contributed by atoms with Crippen LogP contribution in [0.3, 0.4) is 0 Å². The number of nitrogens with one attached hydrogen (secondary N) is 1. The van der Waals surface area contributed by atoms with Gasteiger partial charge in [-0.1, -0.05) is 27.7 Å². The lowest BCUT2D eigenvalue weighted by Gasteiger charge is -2.32. The van der Waals surface area contributed by atoms with Crippen molar-refractivity contribution in [3.05, 3.63) is 0 Å². The topological polar surface area (TPSA) is 73.8 Å². The second-order valence-electron chi connectivity index (χ2n) is 5.16. The van der Waals surface area contributed by atoms with Crippen molar-refractivity contribution in [1.82, 2.24) is 5.32 Å². The number of ether oxygens (including phenoxy) is 1. The number of nitrogens with zero attached hydrogens (tertiary/aromatic N) is 1. The van der Waals surface area contributed by atoms with Gasteiger partial charge in [0, 0.05) is 20.0 Å². The van der Waals surface area contributed by atoms with Crippen LogP contribution in [0.2, 0.25) is 0 Å². The summed E-state index contributed by atoms with van der Waals surface area (Å²) in [4.78, 5) is 15.0. The first kappa shape index (κ1) is 12.8. The van der Waals surface area contributed by atoms with Crippen LogP contribution >= 0.6 is 0 Å². The van der Waals surface area contributed by atoms with Crippen molar-refractivity contribution in [1.29, 1.82) is 0 Å². The molecule has 0 unspecified atom stereocenters. The largest absolute Gasteiger partial charge is 0.595 e. The molecule has 0 aliphatic carbocycles. The predicted octanol–water partition coefficient (Wildman–Crippen LogP) is 0.288. The van der Waals surface area contributed by atoms with Crippen molar-refractivity contribution in [2.75, 3.05) is 6.54 Å². The van der Waals surface area contributed by atoms with Crippen LogP contribution in [0.25, 0.3) is 0 Å². The number of piperidine rings is 1. The van der Waals surface area contributed by atoms with Crippen LogP contribution in [0.4, 0.5) is 0 Å². The van der Waals surface area contributed by atoms with E-state index >= 15 is 0 Å². The van der Waals surface area contributed by atoms with Crippen molar-refractivity contribution < 1.29 is 16.1 Å². The highest BCUT2D eigenvalue weighted by Crippen LogP contribution is 2.16. The van der Waals surface area contributed by atoms with Crippen molar-refractivity contribution >= 4 is 12.0 Å². The van der Waals surface area contributed by atoms with Gasteiger partial charge in [-0.15, -0.1) is 0 Å². The van der Waals surface area contributed by atoms with E-state index in [0.29, 0.717) is 13.0 Å².